The second kappa shape index (κ2) is 8.69. The van der Waals surface area contributed by atoms with Gasteiger partial charge in [0.2, 0.25) is 15.9 Å². The molecular formula is C18H23ClN4O3S. The summed E-state index contributed by atoms with van der Waals surface area (Å²) >= 11 is 6.35. The SMILES string of the molecule is CNS(=O)(=O)c1ccc(NC(=O)/C=C/c2c(C)nn(CC(C)C)c2Cl)cc1. The van der Waals surface area contributed by atoms with Gasteiger partial charge in [-0.2, -0.15) is 5.10 Å². The Bertz CT molecular complexity index is 948. The number of hydrogen-bond donors (Lipinski definition) is 2. The van der Waals surface area contributed by atoms with Crippen molar-refractivity contribution in [3.8, 4) is 0 Å². The van der Waals surface area contributed by atoms with E-state index in [4.69, 9.17) is 11.6 Å². The molecule has 0 aliphatic carbocycles. The smallest absolute Gasteiger partial charge is 0.248 e. The van der Waals surface area contributed by atoms with Crippen molar-refractivity contribution in [2.45, 2.75) is 32.2 Å². The maximum absolute atomic E-state index is 12.1. The number of hydrogen-bond acceptors (Lipinski definition) is 4. The molecule has 2 rings (SSSR count). The maximum Gasteiger partial charge on any atom is 0.248 e. The van der Waals surface area contributed by atoms with Crippen LogP contribution in [0.15, 0.2) is 35.2 Å². The lowest BCUT2D eigenvalue weighted by atomic mass is 10.2. The molecule has 0 bridgehead atoms. The molecule has 0 spiro atoms. The number of nitrogens with one attached hydrogen (secondary N) is 2. The molecule has 1 aromatic heterocycles. The largest absolute Gasteiger partial charge is 0.323 e. The molecule has 0 unspecified atom stereocenters. The molecule has 0 saturated carbocycles. The second-order valence-corrected chi connectivity index (χ2v) is 8.66. The molecule has 7 nitrogen and oxygen atoms in total. The third kappa shape index (κ3) is 5.41. The van der Waals surface area contributed by atoms with Crippen LogP contribution in [0.1, 0.15) is 25.1 Å². The van der Waals surface area contributed by atoms with E-state index in [0.717, 1.165) is 5.69 Å². The number of amides is 1. The van der Waals surface area contributed by atoms with E-state index < -0.39 is 10.0 Å². The van der Waals surface area contributed by atoms with E-state index in [-0.39, 0.29) is 10.8 Å². The van der Waals surface area contributed by atoms with Gasteiger partial charge in [0.25, 0.3) is 0 Å². The highest BCUT2D eigenvalue weighted by Crippen LogP contribution is 2.22. The highest BCUT2D eigenvalue weighted by Gasteiger charge is 2.13. The fourth-order valence-corrected chi connectivity index (χ4v) is 3.44. The fourth-order valence-electron chi connectivity index (χ4n) is 2.40. The number of rotatable bonds is 7. The van der Waals surface area contributed by atoms with Crippen LogP contribution in [0.4, 0.5) is 5.69 Å². The summed E-state index contributed by atoms with van der Waals surface area (Å²) in [5, 5.41) is 7.56. The topological polar surface area (TPSA) is 93.1 Å². The molecule has 27 heavy (non-hydrogen) atoms. The van der Waals surface area contributed by atoms with Gasteiger partial charge in [0, 0.05) is 23.9 Å². The van der Waals surface area contributed by atoms with E-state index in [1.165, 1.54) is 37.4 Å². The lowest BCUT2D eigenvalue weighted by Gasteiger charge is -2.06. The van der Waals surface area contributed by atoms with E-state index in [1.54, 1.807) is 10.8 Å². The Labute approximate surface area is 164 Å². The minimum Gasteiger partial charge on any atom is -0.323 e. The number of aromatic nitrogens is 2. The van der Waals surface area contributed by atoms with Gasteiger partial charge in [-0.1, -0.05) is 25.4 Å². The van der Waals surface area contributed by atoms with Crippen molar-refractivity contribution in [1.29, 1.82) is 0 Å². The number of benzene rings is 1. The van der Waals surface area contributed by atoms with Gasteiger partial charge >= 0.3 is 0 Å². The first-order valence-corrected chi connectivity index (χ1v) is 10.3. The first kappa shape index (κ1) is 21.1. The molecule has 2 N–H and O–H groups in total. The minimum absolute atomic E-state index is 0.124. The molecule has 0 fully saturated rings. The third-order valence-corrected chi connectivity index (χ3v) is 5.58. The number of carbonyl (C=O) groups is 1. The van der Waals surface area contributed by atoms with Crippen LogP contribution in [0.2, 0.25) is 5.15 Å². The molecule has 0 saturated heterocycles. The van der Waals surface area contributed by atoms with Crippen LogP contribution in [0.25, 0.3) is 6.08 Å². The Hall–Kier alpha value is -2.16. The second-order valence-electron chi connectivity index (χ2n) is 6.42. The van der Waals surface area contributed by atoms with E-state index in [9.17, 15) is 13.2 Å². The molecule has 0 aliphatic heterocycles. The summed E-state index contributed by atoms with van der Waals surface area (Å²) < 4.78 is 27.3. The predicted octanol–water partition coefficient (Wildman–Crippen LogP) is 3.06. The van der Waals surface area contributed by atoms with E-state index in [2.05, 4.69) is 29.0 Å². The first-order valence-electron chi connectivity index (χ1n) is 8.39. The molecule has 1 amide bonds. The number of aryl methyl sites for hydroxylation is 1. The highest BCUT2D eigenvalue weighted by atomic mass is 35.5. The van der Waals surface area contributed by atoms with Gasteiger partial charge in [0.1, 0.15) is 5.15 Å². The van der Waals surface area contributed by atoms with Crippen LogP contribution >= 0.6 is 11.6 Å². The Morgan fingerprint density at radius 2 is 1.93 bits per heavy atom. The summed E-state index contributed by atoms with van der Waals surface area (Å²) in [6.45, 7) is 6.68. The Kier molecular flexibility index (Phi) is 6.80. The number of anilines is 1. The molecule has 1 heterocycles. The lowest BCUT2D eigenvalue weighted by molar-refractivity contribution is -0.111. The average Bonchev–Trinajstić information content (AvgIpc) is 2.86. The minimum atomic E-state index is -3.51. The Morgan fingerprint density at radius 3 is 2.48 bits per heavy atom. The van der Waals surface area contributed by atoms with Gasteiger partial charge in [-0.25, -0.2) is 13.1 Å². The zero-order chi connectivity index (χ0) is 20.2. The van der Waals surface area contributed by atoms with Gasteiger partial charge in [0.05, 0.1) is 10.6 Å². The molecule has 1 aromatic carbocycles. The molecule has 0 radical (unpaired) electrons. The van der Waals surface area contributed by atoms with Crippen molar-refractivity contribution in [2.24, 2.45) is 5.92 Å². The molecule has 146 valence electrons. The van der Waals surface area contributed by atoms with Crippen molar-refractivity contribution in [3.63, 3.8) is 0 Å². The standard InChI is InChI=1S/C18H23ClN4O3S/c1-12(2)11-23-18(19)16(13(3)22-23)9-10-17(24)21-14-5-7-15(8-6-14)27(25,26)20-4/h5-10,12,20H,11H2,1-4H3,(H,21,24)/b10-9+. The summed E-state index contributed by atoms with van der Waals surface area (Å²) in [5.41, 5.74) is 1.92. The van der Waals surface area contributed by atoms with E-state index in [0.29, 0.717) is 28.9 Å². The van der Waals surface area contributed by atoms with Crippen LogP contribution in [0.5, 0.6) is 0 Å². The zero-order valence-corrected chi connectivity index (χ0v) is 17.2. The van der Waals surface area contributed by atoms with Crippen LogP contribution in [-0.2, 0) is 21.4 Å². The van der Waals surface area contributed by atoms with Gasteiger partial charge in [-0.05, 0) is 50.2 Å². The highest BCUT2D eigenvalue weighted by molar-refractivity contribution is 7.89. The van der Waals surface area contributed by atoms with Crippen molar-refractivity contribution < 1.29 is 13.2 Å². The number of sulfonamides is 1. The van der Waals surface area contributed by atoms with Crippen molar-refractivity contribution in [3.05, 3.63) is 46.8 Å². The van der Waals surface area contributed by atoms with Crippen LogP contribution in [-0.4, -0.2) is 31.2 Å². The zero-order valence-electron chi connectivity index (χ0n) is 15.7. The summed E-state index contributed by atoms with van der Waals surface area (Å²) in [6, 6.07) is 5.88. The molecular weight excluding hydrogens is 388 g/mol. The summed E-state index contributed by atoms with van der Waals surface area (Å²) in [4.78, 5) is 12.3. The average molecular weight is 411 g/mol. The molecule has 9 heteroatoms. The quantitative estimate of drug-likeness (QED) is 0.686. The van der Waals surface area contributed by atoms with Gasteiger partial charge < -0.3 is 5.32 Å². The van der Waals surface area contributed by atoms with Crippen molar-refractivity contribution in [2.75, 3.05) is 12.4 Å². The van der Waals surface area contributed by atoms with Crippen molar-refractivity contribution >= 4 is 39.3 Å². The molecule has 0 aliphatic rings. The van der Waals surface area contributed by atoms with Crippen LogP contribution in [0.3, 0.4) is 0 Å². The maximum atomic E-state index is 12.1. The van der Waals surface area contributed by atoms with Gasteiger partial charge in [-0.3, -0.25) is 9.48 Å². The summed E-state index contributed by atoms with van der Waals surface area (Å²) in [7, 11) is -2.17. The van der Waals surface area contributed by atoms with Gasteiger partial charge in [0.15, 0.2) is 0 Å². The first-order chi connectivity index (χ1) is 12.6. The number of nitrogens with zero attached hydrogens (tertiary/aromatic N) is 2. The Balaban J connectivity index is 2.09. The van der Waals surface area contributed by atoms with E-state index in [1.807, 2.05) is 6.92 Å². The van der Waals surface area contributed by atoms with Gasteiger partial charge in [-0.15, -0.1) is 0 Å². The Morgan fingerprint density at radius 1 is 1.30 bits per heavy atom. The normalized spacial score (nSPS) is 12.1. The van der Waals surface area contributed by atoms with Crippen LogP contribution in [0, 0.1) is 12.8 Å². The van der Waals surface area contributed by atoms with E-state index >= 15 is 0 Å². The monoisotopic (exact) mass is 410 g/mol. The summed E-state index contributed by atoms with van der Waals surface area (Å²) in [5.74, 6) is 0.0444. The number of halogens is 1. The molecule has 0 atom stereocenters. The predicted molar refractivity (Wildman–Crippen MR) is 107 cm³/mol. The molecule has 2 aromatic rings. The fraction of sp³-hybridized carbons (Fsp3) is 0.333. The third-order valence-electron chi connectivity index (χ3n) is 3.75. The number of carbonyl (C=O) groups excluding carboxylic acids is 1. The van der Waals surface area contributed by atoms with Crippen LogP contribution < -0.4 is 10.0 Å². The lowest BCUT2D eigenvalue weighted by Crippen LogP contribution is -2.18. The summed E-state index contributed by atoms with van der Waals surface area (Å²) in [6.07, 6.45) is 2.99. The van der Waals surface area contributed by atoms with Crippen molar-refractivity contribution in [1.82, 2.24) is 14.5 Å².